The number of hydrogen-bond acceptors (Lipinski definition) is 3. The molecule has 3 nitrogen and oxygen atoms in total. The van der Waals surface area contributed by atoms with E-state index in [0.717, 1.165) is 24.7 Å². The lowest BCUT2D eigenvalue weighted by Gasteiger charge is -2.13. The Morgan fingerprint density at radius 3 is 2.44 bits per heavy atom. The Bertz CT molecular complexity index is 518. The average molecular weight is 261 g/mol. The molecule has 0 unspecified atom stereocenters. The summed E-state index contributed by atoms with van der Waals surface area (Å²) in [5, 5.41) is 9.50. The summed E-state index contributed by atoms with van der Waals surface area (Å²) in [6.07, 6.45) is 2.99. The Morgan fingerprint density at radius 1 is 1.44 bits per heavy atom. The van der Waals surface area contributed by atoms with Gasteiger partial charge in [0.05, 0.1) is 16.5 Å². The third-order valence-electron chi connectivity index (χ3n) is 3.10. The topological polar surface area (TPSA) is 54.4 Å². The molecular weight excluding hydrogens is 248 g/mol. The van der Waals surface area contributed by atoms with Gasteiger partial charge in [-0.2, -0.15) is 0 Å². The zero-order valence-corrected chi connectivity index (χ0v) is 10.5. The lowest BCUT2D eigenvalue weighted by molar-refractivity contribution is 0.255. The van der Waals surface area contributed by atoms with Crippen molar-refractivity contribution in [3.63, 3.8) is 0 Å². The molecule has 5 heteroatoms. The van der Waals surface area contributed by atoms with Crippen LogP contribution in [0.25, 0.3) is 0 Å². The Kier molecular flexibility index (Phi) is 2.77. The molecule has 0 bridgehead atoms. The first-order chi connectivity index (χ1) is 7.39. The SMILES string of the molecule is CS(=O)(=O)c1ccc(C2(CO)CC2)cc1Cl. The van der Waals surface area contributed by atoms with Gasteiger partial charge in [-0.15, -0.1) is 0 Å². The van der Waals surface area contributed by atoms with E-state index in [2.05, 4.69) is 0 Å². The monoisotopic (exact) mass is 260 g/mol. The van der Waals surface area contributed by atoms with E-state index in [1.807, 2.05) is 0 Å². The molecule has 1 aromatic rings. The minimum atomic E-state index is -3.28. The highest BCUT2D eigenvalue weighted by Gasteiger charge is 2.43. The smallest absolute Gasteiger partial charge is 0.176 e. The van der Waals surface area contributed by atoms with Gasteiger partial charge in [-0.05, 0) is 30.5 Å². The second-order valence-corrected chi connectivity index (χ2v) is 6.75. The van der Waals surface area contributed by atoms with Crippen molar-refractivity contribution in [1.82, 2.24) is 0 Å². The van der Waals surface area contributed by atoms with Crippen molar-refractivity contribution in [2.45, 2.75) is 23.2 Å². The molecule has 1 saturated carbocycles. The molecule has 1 fully saturated rings. The fraction of sp³-hybridized carbons (Fsp3) is 0.455. The number of aliphatic hydroxyl groups excluding tert-OH is 1. The van der Waals surface area contributed by atoms with Crippen LogP contribution in [0, 0.1) is 0 Å². The molecule has 0 aliphatic heterocycles. The Hall–Kier alpha value is -0.580. The number of benzene rings is 1. The Balaban J connectivity index is 2.45. The van der Waals surface area contributed by atoms with Crippen molar-refractivity contribution < 1.29 is 13.5 Å². The Labute approximate surface area is 100.0 Å². The lowest BCUT2D eigenvalue weighted by Crippen LogP contribution is -2.12. The van der Waals surface area contributed by atoms with Crippen molar-refractivity contribution >= 4 is 21.4 Å². The summed E-state index contributed by atoms with van der Waals surface area (Å²) in [7, 11) is -3.28. The molecule has 1 N–H and O–H groups in total. The van der Waals surface area contributed by atoms with E-state index in [-0.39, 0.29) is 21.9 Å². The predicted molar refractivity (Wildman–Crippen MR) is 62.6 cm³/mol. The first kappa shape index (κ1) is 11.9. The van der Waals surface area contributed by atoms with Gasteiger partial charge in [-0.25, -0.2) is 8.42 Å². The van der Waals surface area contributed by atoms with Gasteiger partial charge in [0.1, 0.15) is 0 Å². The van der Waals surface area contributed by atoms with Crippen molar-refractivity contribution in [3.8, 4) is 0 Å². The summed E-state index contributed by atoms with van der Waals surface area (Å²) < 4.78 is 22.7. The highest BCUT2D eigenvalue weighted by Crippen LogP contribution is 2.48. The maximum Gasteiger partial charge on any atom is 0.176 e. The van der Waals surface area contributed by atoms with Crippen molar-refractivity contribution in [3.05, 3.63) is 28.8 Å². The molecule has 0 spiro atoms. The standard InChI is InChI=1S/C11H13ClO3S/c1-16(14,15)10-3-2-8(6-9(10)12)11(7-13)4-5-11/h2-3,6,13H,4-5,7H2,1H3. The molecule has 0 radical (unpaired) electrons. The molecule has 1 aliphatic carbocycles. The number of hydrogen-bond donors (Lipinski definition) is 1. The summed E-state index contributed by atoms with van der Waals surface area (Å²) >= 11 is 5.94. The van der Waals surface area contributed by atoms with Gasteiger partial charge >= 0.3 is 0 Å². The van der Waals surface area contributed by atoms with Crippen LogP contribution in [0.5, 0.6) is 0 Å². The molecular formula is C11H13ClO3S. The van der Waals surface area contributed by atoms with E-state index in [1.54, 1.807) is 12.1 Å². The average Bonchev–Trinajstić information content (AvgIpc) is 2.96. The van der Waals surface area contributed by atoms with E-state index >= 15 is 0 Å². The number of rotatable bonds is 3. The van der Waals surface area contributed by atoms with Crippen LogP contribution in [-0.4, -0.2) is 26.4 Å². The Morgan fingerprint density at radius 2 is 2.06 bits per heavy atom. The summed E-state index contributed by atoms with van der Waals surface area (Å²) in [4.78, 5) is 0.145. The van der Waals surface area contributed by atoms with Crippen LogP contribution in [0.15, 0.2) is 23.1 Å². The first-order valence-electron chi connectivity index (χ1n) is 5.00. The largest absolute Gasteiger partial charge is 0.395 e. The minimum absolute atomic E-state index is 0.0849. The van der Waals surface area contributed by atoms with Crippen LogP contribution in [0.2, 0.25) is 5.02 Å². The van der Waals surface area contributed by atoms with E-state index in [0.29, 0.717) is 0 Å². The molecule has 1 aromatic carbocycles. The number of halogens is 1. The van der Waals surface area contributed by atoms with Crippen LogP contribution in [0.1, 0.15) is 18.4 Å². The maximum absolute atomic E-state index is 11.4. The maximum atomic E-state index is 11.4. The predicted octanol–water partition coefficient (Wildman–Crippen LogP) is 1.77. The zero-order chi connectivity index (χ0) is 12.0. The summed E-state index contributed by atoms with van der Waals surface area (Å²) in [6.45, 7) is 0.0849. The zero-order valence-electron chi connectivity index (χ0n) is 8.90. The van der Waals surface area contributed by atoms with Gasteiger partial charge in [0.15, 0.2) is 9.84 Å². The fourth-order valence-electron chi connectivity index (χ4n) is 1.82. The van der Waals surface area contributed by atoms with Crippen LogP contribution >= 0.6 is 11.6 Å². The quantitative estimate of drug-likeness (QED) is 0.901. The highest BCUT2D eigenvalue weighted by molar-refractivity contribution is 7.90. The molecule has 0 amide bonds. The molecule has 0 aromatic heterocycles. The third kappa shape index (κ3) is 1.97. The van der Waals surface area contributed by atoms with Crippen molar-refractivity contribution in [2.24, 2.45) is 0 Å². The van der Waals surface area contributed by atoms with Gasteiger partial charge in [0.25, 0.3) is 0 Å². The van der Waals surface area contributed by atoms with E-state index in [1.165, 1.54) is 6.07 Å². The number of aliphatic hydroxyl groups is 1. The number of sulfone groups is 1. The highest BCUT2D eigenvalue weighted by atomic mass is 35.5. The van der Waals surface area contributed by atoms with E-state index in [4.69, 9.17) is 11.6 Å². The molecule has 88 valence electrons. The summed E-state index contributed by atoms with van der Waals surface area (Å²) in [5.41, 5.74) is 0.743. The van der Waals surface area contributed by atoms with Crippen LogP contribution in [0.3, 0.4) is 0 Å². The van der Waals surface area contributed by atoms with Crippen LogP contribution in [0.4, 0.5) is 0 Å². The van der Waals surface area contributed by atoms with Crippen LogP contribution < -0.4 is 0 Å². The lowest BCUT2D eigenvalue weighted by atomic mass is 9.97. The van der Waals surface area contributed by atoms with E-state index < -0.39 is 9.84 Å². The molecule has 2 rings (SSSR count). The van der Waals surface area contributed by atoms with Gasteiger partial charge < -0.3 is 5.11 Å². The third-order valence-corrected chi connectivity index (χ3v) is 4.68. The summed E-state index contributed by atoms with van der Waals surface area (Å²) in [5.74, 6) is 0. The minimum Gasteiger partial charge on any atom is -0.395 e. The second kappa shape index (κ2) is 3.72. The van der Waals surface area contributed by atoms with Gasteiger partial charge in [0.2, 0.25) is 0 Å². The molecule has 16 heavy (non-hydrogen) atoms. The van der Waals surface area contributed by atoms with Gasteiger partial charge in [0, 0.05) is 11.7 Å². The van der Waals surface area contributed by atoms with Crippen molar-refractivity contribution in [1.29, 1.82) is 0 Å². The van der Waals surface area contributed by atoms with Crippen molar-refractivity contribution in [2.75, 3.05) is 12.9 Å². The molecule has 0 heterocycles. The molecule has 1 aliphatic rings. The normalized spacial score (nSPS) is 18.4. The van der Waals surface area contributed by atoms with Gasteiger partial charge in [-0.3, -0.25) is 0 Å². The van der Waals surface area contributed by atoms with E-state index in [9.17, 15) is 13.5 Å². The first-order valence-corrected chi connectivity index (χ1v) is 7.27. The molecule has 0 saturated heterocycles. The van der Waals surface area contributed by atoms with Crippen LogP contribution in [-0.2, 0) is 15.3 Å². The molecule has 0 atom stereocenters. The second-order valence-electron chi connectivity index (χ2n) is 4.36. The summed E-state index contributed by atoms with van der Waals surface area (Å²) in [6, 6.07) is 4.91. The fourth-order valence-corrected chi connectivity index (χ4v) is 3.15. The van der Waals surface area contributed by atoms with Gasteiger partial charge in [-0.1, -0.05) is 17.7 Å².